The lowest BCUT2D eigenvalue weighted by Crippen LogP contribution is -2.42. The van der Waals surface area contributed by atoms with E-state index in [-0.39, 0.29) is 0 Å². The minimum Gasteiger partial charge on any atom is -0.493 e. The zero-order valence-corrected chi connectivity index (χ0v) is 11.1. The Morgan fingerprint density at radius 2 is 2.17 bits per heavy atom. The molecule has 2 N–H and O–H groups in total. The first-order valence-electron chi connectivity index (χ1n) is 7.00. The Kier molecular flexibility index (Phi) is 3.16. The summed E-state index contributed by atoms with van der Waals surface area (Å²) in [6.07, 6.45) is 5.88. The normalized spacial score (nSPS) is 26.6. The molecule has 0 aromatic heterocycles. The highest BCUT2D eigenvalue weighted by Gasteiger charge is 2.28. The first-order valence-corrected chi connectivity index (χ1v) is 7.00. The van der Waals surface area contributed by atoms with Crippen LogP contribution in [0.3, 0.4) is 0 Å². The molecular formula is C15H22N2O. The summed E-state index contributed by atoms with van der Waals surface area (Å²) >= 11 is 0. The summed E-state index contributed by atoms with van der Waals surface area (Å²) < 4.78 is 5.66. The Bertz CT molecular complexity index is 433. The van der Waals surface area contributed by atoms with Gasteiger partial charge in [-0.1, -0.05) is 0 Å². The highest BCUT2D eigenvalue weighted by Crippen LogP contribution is 2.32. The number of aryl methyl sites for hydroxylation is 1. The smallest absolute Gasteiger partial charge is 0.122 e. The van der Waals surface area contributed by atoms with Crippen molar-refractivity contribution in [3.05, 3.63) is 23.8 Å². The van der Waals surface area contributed by atoms with Crippen molar-refractivity contribution in [2.45, 2.75) is 44.2 Å². The number of ether oxygens (including phenoxy) is 1. The van der Waals surface area contributed by atoms with Crippen molar-refractivity contribution in [3.8, 4) is 5.75 Å². The number of anilines is 1. The number of hydrogen-bond donors (Lipinski definition) is 1. The molecule has 0 bridgehead atoms. The molecule has 1 aliphatic heterocycles. The first kappa shape index (κ1) is 11.8. The molecule has 1 aromatic carbocycles. The Labute approximate surface area is 109 Å². The van der Waals surface area contributed by atoms with Crippen LogP contribution in [0.4, 0.5) is 5.69 Å². The maximum absolute atomic E-state index is 6.19. The van der Waals surface area contributed by atoms with Gasteiger partial charge in [0, 0.05) is 24.8 Å². The van der Waals surface area contributed by atoms with Gasteiger partial charge < -0.3 is 15.4 Å². The number of benzene rings is 1. The first-order chi connectivity index (χ1) is 8.75. The van der Waals surface area contributed by atoms with E-state index in [1.54, 1.807) is 0 Å². The van der Waals surface area contributed by atoms with Gasteiger partial charge in [0.15, 0.2) is 0 Å². The predicted octanol–water partition coefficient (Wildman–Crippen LogP) is 2.33. The van der Waals surface area contributed by atoms with Crippen molar-refractivity contribution in [2.75, 3.05) is 18.6 Å². The fourth-order valence-corrected chi connectivity index (χ4v) is 3.21. The lowest BCUT2D eigenvalue weighted by atomic mass is 10.0. The van der Waals surface area contributed by atoms with Crippen molar-refractivity contribution in [2.24, 2.45) is 5.73 Å². The molecule has 18 heavy (non-hydrogen) atoms. The summed E-state index contributed by atoms with van der Waals surface area (Å²) in [6.45, 7) is 0.857. The predicted molar refractivity (Wildman–Crippen MR) is 74.3 cm³/mol. The average Bonchev–Trinajstić information content (AvgIpc) is 2.83. The Morgan fingerprint density at radius 1 is 1.28 bits per heavy atom. The maximum atomic E-state index is 6.19. The van der Waals surface area contributed by atoms with E-state index in [0.717, 1.165) is 31.6 Å². The largest absolute Gasteiger partial charge is 0.493 e. The minimum atomic E-state index is 0.322. The topological polar surface area (TPSA) is 38.5 Å². The summed E-state index contributed by atoms with van der Waals surface area (Å²) in [5.41, 5.74) is 8.81. The van der Waals surface area contributed by atoms with Gasteiger partial charge in [-0.15, -0.1) is 0 Å². The van der Waals surface area contributed by atoms with Crippen LogP contribution in [-0.2, 0) is 6.42 Å². The quantitative estimate of drug-likeness (QED) is 0.870. The van der Waals surface area contributed by atoms with Gasteiger partial charge in [-0.05, 0) is 55.9 Å². The average molecular weight is 246 g/mol. The summed E-state index contributed by atoms with van der Waals surface area (Å²) in [7, 11) is 2.17. The fraction of sp³-hybridized carbons (Fsp3) is 0.600. The van der Waals surface area contributed by atoms with Gasteiger partial charge >= 0.3 is 0 Å². The van der Waals surface area contributed by atoms with Gasteiger partial charge in [-0.25, -0.2) is 0 Å². The fourth-order valence-electron chi connectivity index (χ4n) is 3.21. The van der Waals surface area contributed by atoms with Crippen molar-refractivity contribution in [1.29, 1.82) is 0 Å². The van der Waals surface area contributed by atoms with E-state index in [1.807, 2.05) is 0 Å². The van der Waals surface area contributed by atoms with Crippen molar-refractivity contribution >= 4 is 5.69 Å². The van der Waals surface area contributed by atoms with Crippen molar-refractivity contribution in [3.63, 3.8) is 0 Å². The van der Waals surface area contributed by atoms with Gasteiger partial charge in [0.2, 0.25) is 0 Å². The minimum absolute atomic E-state index is 0.322. The van der Waals surface area contributed by atoms with E-state index in [2.05, 4.69) is 30.1 Å². The molecule has 98 valence electrons. The molecule has 3 heteroatoms. The second-order valence-corrected chi connectivity index (χ2v) is 5.52. The summed E-state index contributed by atoms with van der Waals surface area (Å²) in [4.78, 5) is 2.35. The van der Waals surface area contributed by atoms with Gasteiger partial charge in [0.1, 0.15) is 5.75 Å². The van der Waals surface area contributed by atoms with E-state index in [1.165, 1.54) is 24.1 Å². The molecule has 2 atom stereocenters. The molecule has 1 aromatic rings. The molecular weight excluding hydrogens is 224 g/mol. The number of nitrogens with two attached hydrogens (primary N) is 1. The third kappa shape index (κ3) is 2.07. The van der Waals surface area contributed by atoms with Crippen LogP contribution in [0.1, 0.15) is 31.2 Å². The van der Waals surface area contributed by atoms with Crippen LogP contribution in [0.25, 0.3) is 0 Å². The van der Waals surface area contributed by atoms with E-state index in [9.17, 15) is 0 Å². The zero-order valence-electron chi connectivity index (χ0n) is 11.1. The maximum Gasteiger partial charge on any atom is 0.122 e. The van der Waals surface area contributed by atoms with E-state index in [0.29, 0.717) is 12.1 Å². The molecule has 0 radical (unpaired) electrons. The lowest BCUT2D eigenvalue weighted by molar-refractivity contribution is 0.288. The third-order valence-corrected chi connectivity index (χ3v) is 4.33. The lowest BCUT2D eigenvalue weighted by Gasteiger charge is -2.31. The van der Waals surface area contributed by atoms with E-state index in [4.69, 9.17) is 10.5 Å². The van der Waals surface area contributed by atoms with Crippen molar-refractivity contribution < 1.29 is 4.74 Å². The highest BCUT2D eigenvalue weighted by molar-refractivity contribution is 5.54. The van der Waals surface area contributed by atoms with Gasteiger partial charge in [-0.2, -0.15) is 0 Å². The molecule has 1 saturated carbocycles. The Balaban J connectivity index is 1.83. The molecule has 0 spiro atoms. The van der Waals surface area contributed by atoms with Crippen molar-refractivity contribution in [1.82, 2.24) is 0 Å². The van der Waals surface area contributed by atoms with Crippen LogP contribution in [0.15, 0.2) is 18.2 Å². The molecule has 3 nitrogen and oxygen atoms in total. The van der Waals surface area contributed by atoms with Crippen LogP contribution in [0.5, 0.6) is 5.75 Å². The third-order valence-electron chi connectivity index (χ3n) is 4.33. The number of nitrogens with zero attached hydrogens (tertiary/aromatic N) is 1. The summed E-state index contributed by atoms with van der Waals surface area (Å²) in [6, 6.07) is 7.37. The van der Waals surface area contributed by atoms with Crippen LogP contribution in [0, 0.1) is 0 Å². The van der Waals surface area contributed by atoms with Crippen LogP contribution < -0.4 is 15.4 Å². The van der Waals surface area contributed by atoms with Gasteiger partial charge in [0.25, 0.3) is 0 Å². The van der Waals surface area contributed by atoms with Gasteiger partial charge in [-0.3, -0.25) is 0 Å². The van der Waals surface area contributed by atoms with E-state index >= 15 is 0 Å². The number of likely N-dealkylation sites (N-methyl/N-ethyl adjacent to an activating group) is 1. The summed E-state index contributed by atoms with van der Waals surface area (Å²) in [5.74, 6) is 1.06. The number of fused-ring (bicyclic) bond motifs is 1. The number of hydrogen-bond acceptors (Lipinski definition) is 3. The highest BCUT2D eigenvalue weighted by atomic mass is 16.5. The van der Waals surface area contributed by atoms with Crippen LogP contribution in [0.2, 0.25) is 0 Å². The molecule has 3 rings (SSSR count). The molecule has 1 heterocycles. The SMILES string of the molecule is CN(c1ccc2c(c1)CCCO2)C1CCCC1N. The molecule has 0 amide bonds. The second-order valence-electron chi connectivity index (χ2n) is 5.52. The zero-order chi connectivity index (χ0) is 12.5. The van der Waals surface area contributed by atoms with E-state index < -0.39 is 0 Å². The van der Waals surface area contributed by atoms with Crippen LogP contribution in [-0.4, -0.2) is 25.7 Å². The Hall–Kier alpha value is -1.22. The summed E-state index contributed by atoms with van der Waals surface area (Å²) in [5, 5.41) is 0. The monoisotopic (exact) mass is 246 g/mol. The molecule has 0 saturated heterocycles. The van der Waals surface area contributed by atoms with Crippen LogP contribution >= 0.6 is 0 Å². The standard InChI is InChI=1S/C15H22N2O/c1-17(14-6-2-5-13(14)16)12-7-8-15-11(10-12)4-3-9-18-15/h7-8,10,13-14H,2-6,9,16H2,1H3. The van der Waals surface area contributed by atoms with Gasteiger partial charge in [0.05, 0.1) is 6.61 Å². The number of rotatable bonds is 2. The molecule has 2 unspecified atom stereocenters. The molecule has 2 aliphatic rings. The molecule has 1 fully saturated rings. The molecule has 1 aliphatic carbocycles. The second kappa shape index (κ2) is 4.81. The Morgan fingerprint density at radius 3 is 2.94 bits per heavy atom.